The summed E-state index contributed by atoms with van der Waals surface area (Å²) in [6, 6.07) is 13.9. The molecule has 1 saturated heterocycles. The van der Waals surface area contributed by atoms with E-state index in [0.29, 0.717) is 5.02 Å². The van der Waals surface area contributed by atoms with Crippen molar-refractivity contribution >= 4 is 51.2 Å². The number of anilines is 3. The van der Waals surface area contributed by atoms with Gasteiger partial charge in [0.05, 0.1) is 49.5 Å². The minimum atomic E-state index is 0.684. The zero-order valence-corrected chi connectivity index (χ0v) is 16.1. The monoisotopic (exact) mass is 387 g/mol. The minimum absolute atomic E-state index is 0.684. The number of nitrogens with one attached hydrogen (secondary N) is 2. The van der Waals surface area contributed by atoms with E-state index in [0.717, 1.165) is 59.2 Å². The molecule has 4 nitrogen and oxygen atoms in total. The summed E-state index contributed by atoms with van der Waals surface area (Å²) in [6.07, 6.45) is 1.78. The van der Waals surface area contributed by atoms with Gasteiger partial charge in [0.15, 0.2) is 0 Å². The van der Waals surface area contributed by atoms with Crippen molar-refractivity contribution in [2.75, 3.05) is 43.4 Å². The molecule has 2 N–H and O–H groups in total. The molecule has 6 heteroatoms. The molecule has 0 bridgehead atoms. The molecule has 0 spiro atoms. The number of rotatable bonds is 3. The number of fused-ring (bicyclic) bond motifs is 1. The standard InChI is InChI=1S/C20H20Cl2N4/c1-25-8-10-26(11-9-25)20-5-3-15(13-17(20)22)24-18-6-7-23-19-12-14(21)2-4-16(18)19/h2-7,12-13H,8-11H2,1H3,(H,23,24)/p+1. The maximum Gasteiger partial charge on any atom is 0.0947 e. The molecule has 1 aliphatic heterocycles. The molecule has 26 heavy (non-hydrogen) atoms. The molecule has 1 aromatic heterocycles. The van der Waals surface area contributed by atoms with Crippen molar-refractivity contribution in [1.29, 1.82) is 0 Å². The Kier molecular flexibility index (Phi) is 4.90. The number of hydrogen-bond acceptors (Lipinski definition) is 3. The summed E-state index contributed by atoms with van der Waals surface area (Å²) in [7, 11) is 2.23. The minimum Gasteiger partial charge on any atom is -0.359 e. The van der Waals surface area contributed by atoms with Crippen LogP contribution in [0.3, 0.4) is 0 Å². The van der Waals surface area contributed by atoms with E-state index in [4.69, 9.17) is 23.2 Å². The summed E-state index contributed by atoms with van der Waals surface area (Å²) in [5.41, 5.74) is 3.92. The Hall–Kier alpha value is -2.01. The quantitative estimate of drug-likeness (QED) is 0.719. The lowest BCUT2D eigenvalue weighted by molar-refractivity contribution is -0.880. The third-order valence-corrected chi connectivity index (χ3v) is 5.43. The van der Waals surface area contributed by atoms with Crippen LogP contribution < -0.4 is 15.1 Å². The average Bonchev–Trinajstić information content (AvgIpc) is 2.63. The van der Waals surface area contributed by atoms with Gasteiger partial charge in [0.25, 0.3) is 0 Å². The zero-order valence-electron chi connectivity index (χ0n) is 14.6. The van der Waals surface area contributed by atoms with Crippen LogP contribution in [0.1, 0.15) is 0 Å². The smallest absolute Gasteiger partial charge is 0.0947 e. The number of quaternary nitrogens is 1. The molecule has 1 aliphatic rings. The van der Waals surface area contributed by atoms with Gasteiger partial charge in [0.2, 0.25) is 0 Å². The number of benzene rings is 2. The lowest BCUT2D eigenvalue weighted by Crippen LogP contribution is -3.12. The summed E-state index contributed by atoms with van der Waals surface area (Å²) in [6.45, 7) is 4.35. The normalized spacial score (nSPS) is 15.4. The Morgan fingerprint density at radius 3 is 2.62 bits per heavy atom. The fourth-order valence-electron chi connectivity index (χ4n) is 3.36. The molecule has 0 radical (unpaired) electrons. The van der Waals surface area contributed by atoms with Crippen LogP contribution >= 0.6 is 23.2 Å². The molecule has 3 aromatic rings. The molecular weight excluding hydrogens is 367 g/mol. The van der Waals surface area contributed by atoms with E-state index in [1.165, 1.54) is 0 Å². The molecule has 0 saturated carbocycles. The first-order chi connectivity index (χ1) is 12.6. The van der Waals surface area contributed by atoms with Crippen LogP contribution in [0.5, 0.6) is 0 Å². The highest BCUT2D eigenvalue weighted by atomic mass is 35.5. The first-order valence-corrected chi connectivity index (χ1v) is 9.53. The first kappa shape index (κ1) is 17.4. The van der Waals surface area contributed by atoms with Crippen molar-refractivity contribution < 1.29 is 4.90 Å². The molecule has 1 fully saturated rings. The van der Waals surface area contributed by atoms with E-state index in [1.807, 2.05) is 30.3 Å². The van der Waals surface area contributed by atoms with Gasteiger partial charge in [-0.3, -0.25) is 4.98 Å². The molecular formula is C20H21Cl2N4+. The highest BCUT2D eigenvalue weighted by Crippen LogP contribution is 2.32. The second kappa shape index (κ2) is 7.31. The molecule has 0 atom stereocenters. The summed E-state index contributed by atoms with van der Waals surface area (Å²) < 4.78 is 0. The molecule has 2 heterocycles. The van der Waals surface area contributed by atoms with Gasteiger partial charge in [-0.15, -0.1) is 0 Å². The molecule has 134 valence electrons. The SMILES string of the molecule is C[NH+]1CCN(c2ccc(Nc3ccnc4cc(Cl)ccc34)cc2Cl)CC1. The first-order valence-electron chi connectivity index (χ1n) is 8.77. The average molecular weight is 388 g/mol. The van der Waals surface area contributed by atoms with Gasteiger partial charge in [0, 0.05) is 28.0 Å². The molecule has 2 aromatic carbocycles. The second-order valence-corrected chi connectivity index (χ2v) is 7.60. The number of halogens is 2. The lowest BCUT2D eigenvalue weighted by Gasteiger charge is -2.32. The number of likely N-dealkylation sites (N-methyl/N-ethyl adjacent to an activating group) is 1. The Labute approximate surface area is 163 Å². The van der Waals surface area contributed by atoms with Crippen molar-refractivity contribution in [3.63, 3.8) is 0 Å². The Balaban J connectivity index is 1.59. The van der Waals surface area contributed by atoms with Gasteiger partial charge < -0.3 is 15.1 Å². The highest BCUT2D eigenvalue weighted by molar-refractivity contribution is 6.33. The second-order valence-electron chi connectivity index (χ2n) is 6.76. The topological polar surface area (TPSA) is 32.6 Å². The van der Waals surface area contributed by atoms with Crippen LogP contribution in [0.4, 0.5) is 17.1 Å². The Bertz CT molecular complexity index is 936. The number of aromatic nitrogens is 1. The largest absolute Gasteiger partial charge is 0.359 e. The van der Waals surface area contributed by atoms with E-state index in [-0.39, 0.29) is 0 Å². The van der Waals surface area contributed by atoms with Crippen LogP contribution in [-0.2, 0) is 0 Å². The van der Waals surface area contributed by atoms with Crippen molar-refractivity contribution in [2.24, 2.45) is 0 Å². The summed E-state index contributed by atoms with van der Waals surface area (Å²) in [4.78, 5) is 8.32. The third-order valence-electron chi connectivity index (χ3n) is 4.89. The van der Waals surface area contributed by atoms with Gasteiger partial charge in [-0.25, -0.2) is 0 Å². The number of pyridine rings is 1. The van der Waals surface area contributed by atoms with Crippen molar-refractivity contribution in [3.8, 4) is 0 Å². The van der Waals surface area contributed by atoms with Crippen LogP contribution in [0.15, 0.2) is 48.7 Å². The van der Waals surface area contributed by atoms with E-state index >= 15 is 0 Å². The fourth-order valence-corrected chi connectivity index (χ4v) is 3.82. The maximum atomic E-state index is 6.59. The van der Waals surface area contributed by atoms with Crippen molar-refractivity contribution in [2.45, 2.75) is 0 Å². The molecule has 0 unspecified atom stereocenters. The summed E-state index contributed by atoms with van der Waals surface area (Å²) in [5, 5.41) is 5.94. The fraction of sp³-hybridized carbons (Fsp3) is 0.250. The van der Waals surface area contributed by atoms with Gasteiger partial charge in [-0.2, -0.15) is 0 Å². The van der Waals surface area contributed by atoms with Gasteiger partial charge in [0.1, 0.15) is 0 Å². The van der Waals surface area contributed by atoms with E-state index < -0.39 is 0 Å². The van der Waals surface area contributed by atoms with Crippen LogP contribution in [-0.4, -0.2) is 38.2 Å². The van der Waals surface area contributed by atoms with E-state index in [1.54, 1.807) is 11.1 Å². The predicted molar refractivity (Wildman–Crippen MR) is 110 cm³/mol. The van der Waals surface area contributed by atoms with Crippen LogP contribution in [0, 0.1) is 0 Å². The Morgan fingerprint density at radius 1 is 1.04 bits per heavy atom. The van der Waals surface area contributed by atoms with E-state index in [2.05, 4.69) is 34.4 Å². The predicted octanol–water partition coefficient (Wildman–Crippen LogP) is 3.62. The zero-order chi connectivity index (χ0) is 18.1. The summed E-state index contributed by atoms with van der Waals surface area (Å²) >= 11 is 12.7. The number of nitrogens with zero attached hydrogens (tertiary/aromatic N) is 2. The molecule has 0 aliphatic carbocycles. The van der Waals surface area contributed by atoms with Crippen LogP contribution in [0.2, 0.25) is 10.0 Å². The third kappa shape index (κ3) is 3.58. The van der Waals surface area contributed by atoms with Gasteiger partial charge >= 0.3 is 0 Å². The molecule has 4 rings (SSSR count). The van der Waals surface area contributed by atoms with E-state index in [9.17, 15) is 0 Å². The number of piperazine rings is 1. The van der Waals surface area contributed by atoms with Crippen molar-refractivity contribution in [3.05, 3.63) is 58.7 Å². The van der Waals surface area contributed by atoms with Crippen LogP contribution in [0.25, 0.3) is 10.9 Å². The summed E-state index contributed by atoms with van der Waals surface area (Å²) in [5.74, 6) is 0. The van der Waals surface area contributed by atoms with Crippen molar-refractivity contribution in [1.82, 2.24) is 4.98 Å². The lowest BCUT2D eigenvalue weighted by atomic mass is 10.1. The molecule has 0 amide bonds. The van der Waals surface area contributed by atoms with Gasteiger partial charge in [-0.1, -0.05) is 23.2 Å². The number of hydrogen-bond donors (Lipinski definition) is 2. The maximum absolute atomic E-state index is 6.59. The Morgan fingerprint density at radius 2 is 1.85 bits per heavy atom. The highest BCUT2D eigenvalue weighted by Gasteiger charge is 2.19. The van der Waals surface area contributed by atoms with Gasteiger partial charge in [-0.05, 0) is 42.5 Å².